The minimum atomic E-state index is -0.293. The Labute approximate surface area is 108 Å². The Hall–Kier alpha value is -3.19. The van der Waals surface area contributed by atoms with Gasteiger partial charge in [0.1, 0.15) is 18.9 Å². The zero-order chi connectivity index (χ0) is 13.7. The van der Waals surface area contributed by atoms with E-state index in [1.807, 2.05) is 6.07 Å². The first-order chi connectivity index (χ1) is 9.21. The zero-order valence-electron chi connectivity index (χ0n) is 9.74. The summed E-state index contributed by atoms with van der Waals surface area (Å²) in [5, 5.41) is 23.6. The van der Waals surface area contributed by atoms with E-state index in [9.17, 15) is 4.79 Å². The van der Waals surface area contributed by atoms with E-state index < -0.39 is 0 Å². The van der Waals surface area contributed by atoms with E-state index in [2.05, 4.69) is 15.4 Å². The van der Waals surface area contributed by atoms with Crippen molar-refractivity contribution in [2.45, 2.75) is 6.54 Å². The third kappa shape index (κ3) is 3.14. The van der Waals surface area contributed by atoms with Gasteiger partial charge < -0.3 is 5.32 Å². The molecule has 0 saturated heterocycles. The lowest BCUT2D eigenvalue weighted by molar-refractivity contribution is -0.116. The van der Waals surface area contributed by atoms with Crippen molar-refractivity contribution < 1.29 is 4.79 Å². The molecule has 0 bridgehead atoms. The lowest BCUT2D eigenvalue weighted by atomic mass is 10.2. The van der Waals surface area contributed by atoms with Crippen LogP contribution >= 0.6 is 0 Å². The third-order valence-electron chi connectivity index (χ3n) is 2.24. The summed E-state index contributed by atoms with van der Waals surface area (Å²) < 4.78 is 1.28. The molecular weight excluding hydrogens is 244 g/mol. The standard InChI is InChI=1S/C12H8N6O/c13-5-9-1-3-10(4-2-9)16-12(19)7-18-8-15-11(6-14)17-18/h1-4,8H,7H2,(H,16,19). The maximum atomic E-state index is 11.7. The summed E-state index contributed by atoms with van der Waals surface area (Å²) in [4.78, 5) is 15.4. The van der Waals surface area contributed by atoms with Crippen molar-refractivity contribution in [3.63, 3.8) is 0 Å². The molecule has 7 heteroatoms. The highest BCUT2D eigenvalue weighted by Gasteiger charge is 2.06. The monoisotopic (exact) mass is 252 g/mol. The summed E-state index contributed by atoms with van der Waals surface area (Å²) in [5.41, 5.74) is 1.11. The summed E-state index contributed by atoms with van der Waals surface area (Å²) in [6, 6.07) is 10.3. The van der Waals surface area contributed by atoms with Crippen LogP contribution in [-0.4, -0.2) is 20.7 Å². The molecule has 7 nitrogen and oxygen atoms in total. The number of anilines is 1. The SMILES string of the molecule is N#Cc1ccc(NC(=O)Cn2cnc(C#N)n2)cc1. The van der Waals surface area contributed by atoms with Gasteiger partial charge in [0.15, 0.2) is 0 Å². The number of rotatable bonds is 3. The molecule has 2 rings (SSSR count). The van der Waals surface area contributed by atoms with E-state index in [1.165, 1.54) is 11.0 Å². The Morgan fingerprint density at radius 3 is 2.58 bits per heavy atom. The second-order valence-electron chi connectivity index (χ2n) is 3.61. The highest BCUT2D eigenvalue weighted by molar-refractivity contribution is 5.90. The molecule has 1 aromatic carbocycles. The van der Waals surface area contributed by atoms with Crippen molar-refractivity contribution in [2.24, 2.45) is 0 Å². The van der Waals surface area contributed by atoms with Crippen molar-refractivity contribution in [3.05, 3.63) is 42.0 Å². The highest BCUT2D eigenvalue weighted by Crippen LogP contribution is 2.08. The Morgan fingerprint density at radius 2 is 2.00 bits per heavy atom. The molecule has 1 N–H and O–H groups in total. The second kappa shape index (κ2) is 5.43. The average Bonchev–Trinajstić information content (AvgIpc) is 2.87. The fraction of sp³-hybridized carbons (Fsp3) is 0.0833. The molecule has 92 valence electrons. The molecule has 0 unspecified atom stereocenters. The first kappa shape index (κ1) is 12.3. The maximum Gasteiger partial charge on any atom is 0.252 e. The molecule has 0 saturated carbocycles. The maximum absolute atomic E-state index is 11.7. The van der Waals surface area contributed by atoms with Crippen LogP contribution in [0.2, 0.25) is 0 Å². The number of carbonyl (C=O) groups is 1. The quantitative estimate of drug-likeness (QED) is 0.863. The predicted octanol–water partition coefficient (Wildman–Crippen LogP) is 0.660. The topological polar surface area (TPSA) is 107 Å². The molecule has 0 spiro atoms. The van der Waals surface area contributed by atoms with Crippen molar-refractivity contribution in [3.8, 4) is 12.1 Å². The van der Waals surface area contributed by atoms with Crippen molar-refractivity contribution in [1.29, 1.82) is 10.5 Å². The molecule has 0 aliphatic heterocycles. The summed E-state index contributed by atoms with van der Waals surface area (Å²) in [5.74, 6) is -0.273. The van der Waals surface area contributed by atoms with Crippen molar-refractivity contribution in [1.82, 2.24) is 14.8 Å². The van der Waals surface area contributed by atoms with Gasteiger partial charge in [-0.25, -0.2) is 9.67 Å². The molecule has 0 aliphatic carbocycles. The van der Waals surface area contributed by atoms with Crippen LogP contribution in [0.15, 0.2) is 30.6 Å². The number of hydrogen-bond acceptors (Lipinski definition) is 5. The second-order valence-corrected chi connectivity index (χ2v) is 3.61. The van der Waals surface area contributed by atoms with Crippen molar-refractivity contribution in [2.75, 3.05) is 5.32 Å². The lowest BCUT2D eigenvalue weighted by Crippen LogP contribution is -2.19. The summed E-state index contributed by atoms with van der Waals surface area (Å²) in [6.07, 6.45) is 1.32. The Morgan fingerprint density at radius 1 is 1.26 bits per heavy atom. The molecule has 1 heterocycles. The van der Waals surface area contributed by atoms with E-state index in [4.69, 9.17) is 10.5 Å². The number of amides is 1. The molecule has 2 aromatic rings. The van der Waals surface area contributed by atoms with Gasteiger partial charge in [-0.05, 0) is 24.3 Å². The summed E-state index contributed by atoms with van der Waals surface area (Å²) >= 11 is 0. The third-order valence-corrected chi connectivity index (χ3v) is 2.24. The highest BCUT2D eigenvalue weighted by atomic mass is 16.2. The minimum Gasteiger partial charge on any atom is -0.324 e. The van der Waals surface area contributed by atoms with Crippen LogP contribution in [0, 0.1) is 22.7 Å². The van der Waals surface area contributed by atoms with Crippen LogP contribution < -0.4 is 5.32 Å². The van der Waals surface area contributed by atoms with E-state index >= 15 is 0 Å². The van der Waals surface area contributed by atoms with Crippen LogP contribution in [0.4, 0.5) is 5.69 Å². The predicted molar refractivity (Wildman–Crippen MR) is 64.5 cm³/mol. The van der Waals surface area contributed by atoms with Crippen LogP contribution in [0.1, 0.15) is 11.4 Å². The fourth-order valence-corrected chi connectivity index (χ4v) is 1.40. The first-order valence-corrected chi connectivity index (χ1v) is 5.31. The van der Waals surface area contributed by atoms with E-state index in [-0.39, 0.29) is 18.3 Å². The normalized spacial score (nSPS) is 9.37. The van der Waals surface area contributed by atoms with Gasteiger partial charge in [0, 0.05) is 5.69 Å². The number of nitrogens with zero attached hydrogens (tertiary/aromatic N) is 5. The summed E-state index contributed by atoms with van der Waals surface area (Å²) in [6.45, 7) is -0.0331. The van der Waals surface area contributed by atoms with Gasteiger partial charge >= 0.3 is 0 Å². The number of nitrogens with one attached hydrogen (secondary N) is 1. The number of nitriles is 2. The van der Waals surface area contributed by atoms with E-state index in [0.717, 1.165) is 0 Å². The van der Waals surface area contributed by atoms with Gasteiger partial charge in [-0.1, -0.05) is 0 Å². The van der Waals surface area contributed by atoms with Gasteiger partial charge in [0.25, 0.3) is 5.82 Å². The van der Waals surface area contributed by atoms with Gasteiger partial charge in [-0.15, -0.1) is 5.10 Å². The molecule has 0 aliphatic rings. The van der Waals surface area contributed by atoms with Crippen LogP contribution in [0.25, 0.3) is 0 Å². The fourth-order valence-electron chi connectivity index (χ4n) is 1.40. The zero-order valence-corrected chi connectivity index (χ0v) is 9.74. The largest absolute Gasteiger partial charge is 0.324 e. The smallest absolute Gasteiger partial charge is 0.252 e. The Balaban J connectivity index is 1.97. The van der Waals surface area contributed by atoms with E-state index in [0.29, 0.717) is 11.3 Å². The summed E-state index contributed by atoms with van der Waals surface area (Å²) in [7, 11) is 0. The molecule has 1 aromatic heterocycles. The van der Waals surface area contributed by atoms with Gasteiger partial charge in [0.2, 0.25) is 5.91 Å². The number of benzene rings is 1. The van der Waals surface area contributed by atoms with Gasteiger partial charge in [-0.3, -0.25) is 4.79 Å². The van der Waals surface area contributed by atoms with E-state index in [1.54, 1.807) is 30.3 Å². The molecule has 0 atom stereocenters. The molecule has 1 amide bonds. The number of hydrogen-bond donors (Lipinski definition) is 1. The van der Waals surface area contributed by atoms with Gasteiger partial charge in [0.05, 0.1) is 11.6 Å². The average molecular weight is 252 g/mol. The molecule has 0 radical (unpaired) electrons. The molecule has 19 heavy (non-hydrogen) atoms. The van der Waals surface area contributed by atoms with Crippen LogP contribution in [-0.2, 0) is 11.3 Å². The van der Waals surface area contributed by atoms with Gasteiger partial charge in [-0.2, -0.15) is 10.5 Å². The molecule has 0 fully saturated rings. The first-order valence-electron chi connectivity index (χ1n) is 5.31. The number of carbonyl (C=O) groups excluding carboxylic acids is 1. The Bertz CT molecular complexity index is 673. The van der Waals surface area contributed by atoms with Crippen LogP contribution in [0.5, 0.6) is 0 Å². The van der Waals surface area contributed by atoms with Crippen molar-refractivity contribution >= 4 is 11.6 Å². The Kier molecular flexibility index (Phi) is 3.51. The number of aromatic nitrogens is 3. The minimum absolute atomic E-state index is 0.0196. The lowest BCUT2D eigenvalue weighted by Gasteiger charge is -2.04. The van der Waals surface area contributed by atoms with Crippen LogP contribution in [0.3, 0.4) is 0 Å². The molecular formula is C12H8N6O.